The van der Waals surface area contributed by atoms with Crippen LogP contribution in [0.2, 0.25) is 0 Å². The molecule has 0 saturated carbocycles. The molecular formula is C25H26N4Pt. The zero-order valence-corrected chi connectivity index (χ0v) is 20.5. The monoisotopic (exact) mass is 577 g/mol. The number of rotatable bonds is 0. The van der Waals surface area contributed by atoms with Gasteiger partial charge in [0.25, 0.3) is 0 Å². The minimum Gasteiger partial charge on any atom is -0.663 e. The van der Waals surface area contributed by atoms with Crippen LogP contribution in [0.25, 0.3) is 0 Å². The van der Waals surface area contributed by atoms with E-state index < -0.39 is 0 Å². The summed E-state index contributed by atoms with van der Waals surface area (Å²) in [7, 11) is 0. The van der Waals surface area contributed by atoms with Gasteiger partial charge in [-0.05, 0) is 29.7 Å². The molecule has 156 valence electrons. The standard InChI is InChI=1S/C25H26N4.Pt/c1-23(2)17-9-7-15(26-17)16-8-10-18(27-16)24(3,4)20-12-14-22(29-20)25(5,6)21-13-11-19(23)28-21;/h7-14H,1-6H3;/q-2;+2/b16-15-;. The Morgan fingerprint density at radius 1 is 0.533 bits per heavy atom. The van der Waals surface area contributed by atoms with Crippen LogP contribution in [0.4, 0.5) is 0 Å². The average Bonchev–Trinajstić information content (AvgIpc) is 3.48. The Kier molecular flexibility index (Phi) is 4.67. The topological polar surface area (TPSA) is 52.9 Å². The molecule has 0 saturated heterocycles. The molecule has 0 radical (unpaired) electrons. The van der Waals surface area contributed by atoms with E-state index in [1.165, 1.54) is 0 Å². The van der Waals surface area contributed by atoms with Crippen LogP contribution in [-0.2, 0) is 37.3 Å². The van der Waals surface area contributed by atoms with Crippen LogP contribution in [0.15, 0.2) is 69.9 Å². The largest absolute Gasteiger partial charge is 2.00 e. The molecule has 5 heteroatoms. The summed E-state index contributed by atoms with van der Waals surface area (Å²) in [6, 6.07) is 8.53. The van der Waals surface area contributed by atoms with Gasteiger partial charge in [0.15, 0.2) is 0 Å². The van der Waals surface area contributed by atoms with E-state index >= 15 is 0 Å². The molecule has 0 spiro atoms. The number of hydrogen-bond donors (Lipinski definition) is 0. The maximum atomic E-state index is 5.05. The molecule has 0 amide bonds. The Morgan fingerprint density at radius 3 is 1.23 bits per heavy atom. The third-order valence-corrected chi connectivity index (χ3v) is 6.66. The molecule has 3 aliphatic rings. The summed E-state index contributed by atoms with van der Waals surface area (Å²) < 4.78 is 0. The Balaban J connectivity index is 0.00000218. The van der Waals surface area contributed by atoms with E-state index in [9.17, 15) is 0 Å². The quantitative estimate of drug-likeness (QED) is 0.455. The second-order valence-corrected chi connectivity index (χ2v) is 9.74. The van der Waals surface area contributed by atoms with Crippen LogP contribution < -0.4 is 9.97 Å². The predicted octanol–water partition coefficient (Wildman–Crippen LogP) is 4.73. The molecule has 5 rings (SSSR count). The molecule has 2 aromatic rings. The van der Waals surface area contributed by atoms with Crippen molar-refractivity contribution in [2.75, 3.05) is 0 Å². The zero-order chi connectivity index (χ0) is 20.6. The molecule has 0 unspecified atom stereocenters. The van der Waals surface area contributed by atoms with Gasteiger partial charge in [-0.2, -0.15) is 11.4 Å². The number of allylic oxidation sites excluding steroid dienone is 4. The second-order valence-electron chi connectivity index (χ2n) is 9.74. The Labute approximate surface area is 192 Å². The van der Waals surface area contributed by atoms with E-state index in [0.29, 0.717) is 0 Å². The minimum absolute atomic E-state index is 0. The zero-order valence-electron chi connectivity index (χ0n) is 18.2. The molecule has 8 bridgehead atoms. The molecule has 3 aliphatic heterocycles. The van der Waals surface area contributed by atoms with Gasteiger partial charge >= 0.3 is 21.1 Å². The molecule has 0 fully saturated rings. The van der Waals surface area contributed by atoms with Gasteiger partial charge in [-0.15, -0.1) is 11.4 Å². The van der Waals surface area contributed by atoms with E-state index in [4.69, 9.17) is 20.0 Å². The van der Waals surface area contributed by atoms with Crippen molar-refractivity contribution in [3.8, 4) is 0 Å². The molecule has 5 heterocycles. The summed E-state index contributed by atoms with van der Waals surface area (Å²) in [6.07, 6.45) is 8.33. The summed E-state index contributed by atoms with van der Waals surface area (Å²) in [5.74, 6) is 0. The molecule has 0 aromatic carbocycles. The van der Waals surface area contributed by atoms with E-state index in [2.05, 4.69) is 90.1 Å². The van der Waals surface area contributed by atoms with Crippen LogP contribution in [0.3, 0.4) is 0 Å². The van der Waals surface area contributed by atoms with Gasteiger partial charge in [-0.1, -0.05) is 65.8 Å². The van der Waals surface area contributed by atoms with Crippen molar-refractivity contribution in [2.45, 2.75) is 57.8 Å². The first-order valence-corrected chi connectivity index (χ1v) is 10.2. The van der Waals surface area contributed by atoms with Crippen molar-refractivity contribution in [2.24, 2.45) is 9.98 Å². The number of fused-ring (bicyclic) bond motifs is 6. The van der Waals surface area contributed by atoms with Crippen molar-refractivity contribution in [1.82, 2.24) is 9.97 Å². The molecule has 30 heavy (non-hydrogen) atoms. The normalized spacial score (nSPS) is 24.6. The first-order chi connectivity index (χ1) is 13.6. The van der Waals surface area contributed by atoms with Crippen LogP contribution >= 0.6 is 0 Å². The minimum atomic E-state index is -0.286. The van der Waals surface area contributed by atoms with Gasteiger partial charge < -0.3 is 9.97 Å². The van der Waals surface area contributed by atoms with E-state index in [0.717, 1.165) is 45.6 Å². The third-order valence-electron chi connectivity index (χ3n) is 6.66. The maximum absolute atomic E-state index is 5.05. The van der Waals surface area contributed by atoms with E-state index in [-0.39, 0.29) is 37.3 Å². The average molecular weight is 578 g/mol. The fourth-order valence-corrected chi connectivity index (χ4v) is 4.22. The van der Waals surface area contributed by atoms with Crippen molar-refractivity contribution in [3.63, 3.8) is 0 Å². The van der Waals surface area contributed by atoms with Gasteiger partial charge in [-0.3, -0.25) is 9.98 Å². The maximum Gasteiger partial charge on any atom is 2.00 e. The van der Waals surface area contributed by atoms with Gasteiger partial charge in [0.05, 0.1) is 11.4 Å². The second kappa shape index (κ2) is 6.65. The number of aliphatic imine (C=N–C) groups is 2. The fraction of sp³-hybridized carbons (Fsp3) is 0.360. The van der Waals surface area contributed by atoms with Gasteiger partial charge in [0, 0.05) is 22.3 Å². The Hall–Kier alpha value is -2.19. The van der Waals surface area contributed by atoms with Crippen molar-refractivity contribution in [3.05, 3.63) is 82.7 Å². The summed E-state index contributed by atoms with van der Waals surface area (Å²) in [5, 5.41) is 0. The molecule has 2 aromatic heterocycles. The molecular weight excluding hydrogens is 551 g/mol. The van der Waals surface area contributed by atoms with Crippen LogP contribution in [0.5, 0.6) is 0 Å². The summed E-state index contributed by atoms with van der Waals surface area (Å²) >= 11 is 0. The number of nitrogens with zero attached hydrogens (tertiary/aromatic N) is 4. The van der Waals surface area contributed by atoms with E-state index in [1.807, 2.05) is 0 Å². The first-order valence-electron chi connectivity index (χ1n) is 10.2. The first kappa shape index (κ1) is 21.1. The summed E-state index contributed by atoms with van der Waals surface area (Å²) in [4.78, 5) is 20.0. The molecule has 0 aliphatic carbocycles. The van der Waals surface area contributed by atoms with E-state index in [1.54, 1.807) is 0 Å². The van der Waals surface area contributed by atoms with Crippen molar-refractivity contribution in [1.29, 1.82) is 0 Å². The molecule has 4 nitrogen and oxygen atoms in total. The summed E-state index contributed by atoms with van der Waals surface area (Å²) in [5.41, 5.74) is 7.14. The Bertz CT molecular complexity index is 1090. The van der Waals surface area contributed by atoms with Crippen LogP contribution in [0.1, 0.15) is 64.3 Å². The number of aromatic nitrogens is 2. The predicted molar refractivity (Wildman–Crippen MR) is 118 cm³/mol. The van der Waals surface area contributed by atoms with Gasteiger partial charge in [0.2, 0.25) is 0 Å². The SMILES string of the molecule is CC1(C)C2=N/C(=C3/C=CC(=N3)C(C)(C)c3ccc([n-]3)C(C)(C)c3ccc1[n-]3)C=C2.[Pt+2]. The van der Waals surface area contributed by atoms with Crippen molar-refractivity contribution < 1.29 is 21.1 Å². The fourth-order valence-electron chi connectivity index (χ4n) is 4.22. The Morgan fingerprint density at radius 2 is 0.867 bits per heavy atom. The third kappa shape index (κ3) is 2.92. The molecule has 0 N–H and O–H groups in total. The summed E-state index contributed by atoms with van der Waals surface area (Å²) in [6.45, 7) is 13.1. The smallest absolute Gasteiger partial charge is 0.663 e. The number of hydrogen-bond acceptors (Lipinski definition) is 2. The molecule has 0 atom stereocenters. The van der Waals surface area contributed by atoms with Crippen LogP contribution in [-0.4, -0.2) is 11.4 Å². The van der Waals surface area contributed by atoms with Gasteiger partial charge in [-0.25, -0.2) is 0 Å². The van der Waals surface area contributed by atoms with Crippen LogP contribution in [0, 0.1) is 0 Å². The van der Waals surface area contributed by atoms with Crippen molar-refractivity contribution >= 4 is 11.4 Å². The van der Waals surface area contributed by atoms with Gasteiger partial charge in [0.1, 0.15) is 0 Å².